The number of nitrogens with one attached hydrogen (secondary N) is 2. The molecule has 4 rings (SSSR count). The lowest BCUT2D eigenvalue weighted by Gasteiger charge is -2.35. The number of anilines is 3. The van der Waals surface area contributed by atoms with Gasteiger partial charge in [0.2, 0.25) is 0 Å². The van der Waals surface area contributed by atoms with Crippen LogP contribution in [0.4, 0.5) is 17.2 Å². The van der Waals surface area contributed by atoms with E-state index >= 15 is 0 Å². The minimum Gasteiger partial charge on any atom is -0.368 e. The van der Waals surface area contributed by atoms with Gasteiger partial charge in [0.15, 0.2) is 11.5 Å². The summed E-state index contributed by atoms with van der Waals surface area (Å²) in [6, 6.07) is 14.9. The summed E-state index contributed by atoms with van der Waals surface area (Å²) in [7, 11) is 0. The van der Waals surface area contributed by atoms with Gasteiger partial charge in [-0.3, -0.25) is 4.79 Å². The van der Waals surface area contributed by atoms with Crippen molar-refractivity contribution in [2.45, 2.75) is 0 Å². The number of amides is 1. The highest BCUT2D eigenvalue weighted by Gasteiger charge is 2.26. The van der Waals surface area contributed by atoms with E-state index in [-0.39, 0.29) is 11.6 Å². The normalized spacial score (nSPS) is 14.2. The molecule has 3 aromatic rings. The number of hydrogen-bond donors (Lipinski definition) is 2. The smallest absolute Gasteiger partial charge is 0.278 e. The summed E-state index contributed by atoms with van der Waals surface area (Å²) in [6.07, 6.45) is 0. The molecule has 0 aliphatic carbocycles. The Kier molecular flexibility index (Phi) is 5.36. The highest BCUT2D eigenvalue weighted by Crippen LogP contribution is 2.22. The van der Waals surface area contributed by atoms with E-state index in [0.29, 0.717) is 29.0 Å². The molecule has 2 aromatic carbocycles. The maximum Gasteiger partial charge on any atom is 0.278 e. The van der Waals surface area contributed by atoms with Crippen LogP contribution in [0, 0.1) is 0 Å². The Labute approximate surface area is 172 Å². The van der Waals surface area contributed by atoms with Gasteiger partial charge in [0, 0.05) is 47.6 Å². The quantitative estimate of drug-likeness (QED) is 0.675. The van der Waals surface area contributed by atoms with Gasteiger partial charge in [0.1, 0.15) is 0 Å². The van der Waals surface area contributed by atoms with Gasteiger partial charge in [-0.1, -0.05) is 23.2 Å². The molecule has 0 atom stereocenters. The van der Waals surface area contributed by atoms with Crippen LogP contribution in [0.5, 0.6) is 0 Å². The first-order valence-electron chi connectivity index (χ1n) is 8.83. The van der Waals surface area contributed by atoms with Crippen LogP contribution in [0.2, 0.25) is 10.0 Å². The number of hydrogen-bond acceptors (Lipinski definition) is 5. The molecule has 9 heteroatoms. The van der Waals surface area contributed by atoms with Crippen molar-refractivity contribution in [3.8, 4) is 0 Å². The van der Waals surface area contributed by atoms with E-state index in [1.165, 1.54) is 0 Å². The molecule has 0 spiro atoms. The van der Waals surface area contributed by atoms with Crippen molar-refractivity contribution < 1.29 is 4.79 Å². The topological polar surface area (TPSA) is 77.1 Å². The Bertz CT molecular complexity index is 949. The maximum atomic E-state index is 12.9. The molecule has 144 valence electrons. The number of piperazine rings is 1. The second kappa shape index (κ2) is 8.08. The lowest BCUT2D eigenvalue weighted by Crippen LogP contribution is -2.49. The minimum absolute atomic E-state index is 0.152. The first-order valence-corrected chi connectivity index (χ1v) is 9.59. The number of nitrogens with zero attached hydrogens (tertiary/aromatic N) is 4. The largest absolute Gasteiger partial charge is 0.368 e. The number of halogens is 2. The summed E-state index contributed by atoms with van der Waals surface area (Å²) in [5, 5.41) is 15.1. The Morgan fingerprint density at radius 1 is 0.893 bits per heavy atom. The zero-order valence-electron chi connectivity index (χ0n) is 14.9. The summed E-state index contributed by atoms with van der Waals surface area (Å²) in [6.45, 7) is 2.69. The average molecular weight is 417 g/mol. The van der Waals surface area contributed by atoms with Crippen LogP contribution in [-0.4, -0.2) is 52.4 Å². The summed E-state index contributed by atoms with van der Waals surface area (Å²) >= 11 is 11.9. The van der Waals surface area contributed by atoms with E-state index in [2.05, 4.69) is 25.6 Å². The summed E-state index contributed by atoms with van der Waals surface area (Å²) < 4.78 is 0. The molecule has 1 aliphatic heterocycles. The number of aromatic amines is 1. The zero-order chi connectivity index (χ0) is 19.5. The molecule has 0 unspecified atom stereocenters. The van der Waals surface area contributed by atoms with Crippen LogP contribution in [0.3, 0.4) is 0 Å². The first kappa shape index (κ1) is 18.6. The third-order valence-electron chi connectivity index (χ3n) is 4.62. The van der Waals surface area contributed by atoms with Crippen LogP contribution in [-0.2, 0) is 0 Å². The van der Waals surface area contributed by atoms with E-state index in [1.54, 1.807) is 17.0 Å². The molecular weight excluding hydrogens is 399 g/mol. The van der Waals surface area contributed by atoms with E-state index in [9.17, 15) is 4.79 Å². The van der Waals surface area contributed by atoms with Gasteiger partial charge >= 0.3 is 0 Å². The monoisotopic (exact) mass is 416 g/mol. The summed E-state index contributed by atoms with van der Waals surface area (Å²) in [5.74, 6) is 0.244. The fourth-order valence-electron chi connectivity index (χ4n) is 3.11. The minimum atomic E-state index is -0.152. The third-order valence-corrected chi connectivity index (χ3v) is 5.12. The molecule has 28 heavy (non-hydrogen) atoms. The lowest BCUT2D eigenvalue weighted by molar-refractivity contribution is 0.0742. The predicted octanol–water partition coefficient (Wildman–Crippen LogP) is 3.82. The number of benzene rings is 2. The molecule has 1 aromatic heterocycles. The zero-order valence-corrected chi connectivity index (χ0v) is 16.4. The number of H-pyrrole nitrogens is 1. The van der Waals surface area contributed by atoms with Gasteiger partial charge in [-0.15, -0.1) is 10.2 Å². The van der Waals surface area contributed by atoms with Crippen molar-refractivity contribution >= 4 is 46.3 Å². The van der Waals surface area contributed by atoms with Gasteiger partial charge in [0.05, 0.1) is 0 Å². The fourth-order valence-corrected chi connectivity index (χ4v) is 3.36. The highest BCUT2D eigenvalue weighted by atomic mass is 35.5. The molecule has 7 nitrogen and oxygen atoms in total. The fraction of sp³-hybridized carbons (Fsp3) is 0.211. The molecule has 1 fully saturated rings. The van der Waals surface area contributed by atoms with Crippen molar-refractivity contribution in [3.05, 3.63) is 64.3 Å². The molecule has 1 saturated heterocycles. The number of rotatable bonds is 4. The number of carbonyl (C=O) groups excluding carboxylic acids is 1. The Hall–Kier alpha value is -2.77. The van der Waals surface area contributed by atoms with E-state index < -0.39 is 0 Å². The molecule has 2 N–H and O–H groups in total. The Balaban J connectivity index is 1.41. The SMILES string of the molecule is O=C(c1n[nH]nc1Nc1ccc(Cl)cc1)N1CCN(c2ccc(Cl)cc2)CC1. The van der Waals surface area contributed by atoms with Gasteiger partial charge in [0.25, 0.3) is 5.91 Å². The summed E-state index contributed by atoms with van der Waals surface area (Å²) in [5.41, 5.74) is 2.15. The molecule has 1 amide bonds. The maximum absolute atomic E-state index is 12.9. The second-order valence-corrected chi connectivity index (χ2v) is 7.28. The van der Waals surface area contributed by atoms with Gasteiger partial charge in [-0.25, -0.2) is 0 Å². The van der Waals surface area contributed by atoms with Crippen LogP contribution >= 0.6 is 23.2 Å². The van der Waals surface area contributed by atoms with Crippen molar-refractivity contribution in [2.75, 3.05) is 36.4 Å². The van der Waals surface area contributed by atoms with Gasteiger partial charge in [-0.05, 0) is 48.5 Å². The molecule has 1 aliphatic rings. The van der Waals surface area contributed by atoms with Crippen LogP contribution in [0.25, 0.3) is 0 Å². The second-order valence-electron chi connectivity index (χ2n) is 6.41. The van der Waals surface area contributed by atoms with Crippen LogP contribution in [0.1, 0.15) is 10.5 Å². The standard InChI is InChI=1S/C19H18Cl2N6O/c20-13-1-5-15(6-2-13)22-18-17(23-25-24-18)19(28)27-11-9-26(10-12-27)16-7-3-14(21)4-8-16/h1-8H,9-12H2,(H2,22,23,24,25). The number of aromatic nitrogens is 3. The van der Waals surface area contributed by atoms with Gasteiger partial charge < -0.3 is 15.1 Å². The van der Waals surface area contributed by atoms with Crippen LogP contribution < -0.4 is 10.2 Å². The predicted molar refractivity (Wildman–Crippen MR) is 111 cm³/mol. The average Bonchev–Trinajstić information content (AvgIpc) is 3.18. The molecule has 0 saturated carbocycles. The molecular formula is C19H18Cl2N6O. The molecule has 0 radical (unpaired) electrons. The lowest BCUT2D eigenvalue weighted by atomic mass is 10.2. The molecule has 0 bridgehead atoms. The number of carbonyl (C=O) groups is 1. The van der Waals surface area contributed by atoms with E-state index in [0.717, 1.165) is 24.5 Å². The highest BCUT2D eigenvalue weighted by molar-refractivity contribution is 6.30. The van der Waals surface area contributed by atoms with Crippen molar-refractivity contribution in [1.82, 2.24) is 20.3 Å². The van der Waals surface area contributed by atoms with E-state index in [1.807, 2.05) is 36.4 Å². The van der Waals surface area contributed by atoms with Crippen LogP contribution in [0.15, 0.2) is 48.5 Å². The van der Waals surface area contributed by atoms with E-state index in [4.69, 9.17) is 23.2 Å². The van der Waals surface area contributed by atoms with Crippen molar-refractivity contribution in [2.24, 2.45) is 0 Å². The molecule has 2 heterocycles. The Morgan fingerprint density at radius 3 is 2.14 bits per heavy atom. The van der Waals surface area contributed by atoms with Gasteiger partial charge in [-0.2, -0.15) is 5.21 Å². The Morgan fingerprint density at radius 2 is 1.50 bits per heavy atom. The third kappa shape index (κ3) is 4.05. The van der Waals surface area contributed by atoms with Crippen molar-refractivity contribution in [3.63, 3.8) is 0 Å². The first-order chi connectivity index (χ1) is 13.6. The summed E-state index contributed by atoms with van der Waals surface area (Å²) in [4.78, 5) is 16.9. The van der Waals surface area contributed by atoms with Crippen molar-refractivity contribution in [1.29, 1.82) is 0 Å².